The van der Waals surface area contributed by atoms with Crippen LogP contribution < -0.4 is 4.90 Å². The summed E-state index contributed by atoms with van der Waals surface area (Å²) in [5.41, 5.74) is 8.76. The SMILES string of the molecule is c1ccc(-c2cccc3c2oc2c(N(c4ccc5sc6ccccc6c5c4)c4cccc5oc6ccccc6c45)cccc23)cc1. The zero-order valence-corrected chi connectivity index (χ0v) is 25.4. The van der Waals surface area contributed by atoms with E-state index in [1.807, 2.05) is 29.5 Å². The number of anilines is 3. The molecule has 0 aliphatic rings. The van der Waals surface area contributed by atoms with Crippen LogP contribution in [-0.4, -0.2) is 0 Å². The van der Waals surface area contributed by atoms with Gasteiger partial charge in [0.25, 0.3) is 0 Å². The van der Waals surface area contributed by atoms with E-state index in [0.29, 0.717) is 0 Å². The number of rotatable bonds is 4. The Morgan fingerprint density at radius 2 is 1.11 bits per heavy atom. The van der Waals surface area contributed by atoms with Gasteiger partial charge in [0.1, 0.15) is 16.7 Å². The number of fused-ring (bicyclic) bond motifs is 9. The topological polar surface area (TPSA) is 29.5 Å². The highest BCUT2D eigenvalue weighted by atomic mass is 32.1. The molecule has 0 bridgehead atoms. The third kappa shape index (κ3) is 3.71. The molecule has 0 fully saturated rings. The highest BCUT2D eigenvalue weighted by molar-refractivity contribution is 7.25. The smallest absolute Gasteiger partial charge is 0.159 e. The largest absolute Gasteiger partial charge is 0.456 e. The molecule has 0 atom stereocenters. The minimum absolute atomic E-state index is 0.848. The molecular formula is C42H25NO2S. The van der Waals surface area contributed by atoms with Crippen molar-refractivity contribution < 1.29 is 8.83 Å². The minimum Gasteiger partial charge on any atom is -0.456 e. The molecule has 3 aromatic heterocycles. The Morgan fingerprint density at radius 3 is 2.02 bits per heavy atom. The molecule has 0 radical (unpaired) electrons. The zero-order valence-electron chi connectivity index (χ0n) is 24.6. The van der Waals surface area contributed by atoms with Crippen LogP contribution in [0.3, 0.4) is 0 Å². The van der Waals surface area contributed by atoms with E-state index in [1.165, 1.54) is 20.2 Å². The van der Waals surface area contributed by atoms with Crippen LogP contribution in [0, 0.1) is 0 Å². The van der Waals surface area contributed by atoms with Gasteiger partial charge in [-0.1, -0.05) is 103 Å². The first kappa shape index (κ1) is 25.5. The summed E-state index contributed by atoms with van der Waals surface area (Å²) >= 11 is 1.83. The van der Waals surface area contributed by atoms with Crippen LogP contribution in [0.5, 0.6) is 0 Å². The van der Waals surface area contributed by atoms with Crippen molar-refractivity contribution in [2.75, 3.05) is 4.90 Å². The van der Waals surface area contributed by atoms with Gasteiger partial charge in [-0.25, -0.2) is 0 Å². The number of benzene rings is 7. The van der Waals surface area contributed by atoms with Crippen molar-refractivity contribution in [3.8, 4) is 11.1 Å². The van der Waals surface area contributed by atoms with Gasteiger partial charge in [-0.05, 0) is 54.1 Å². The molecule has 4 heteroatoms. The molecule has 216 valence electrons. The molecule has 46 heavy (non-hydrogen) atoms. The monoisotopic (exact) mass is 607 g/mol. The summed E-state index contributed by atoms with van der Waals surface area (Å²) in [4.78, 5) is 2.35. The lowest BCUT2D eigenvalue weighted by Crippen LogP contribution is -2.10. The lowest BCUT2D eigenvalue weighted by atomic mass is 10.0. The molecule has 3 heterocycles. The molecular weight excluding hydrogens is 583 g/mol. The van der Waals surface area contributed by atoms with Gasteiger partial charge in [0.2, 0.25) is 0 Å². The van der Waals surface area contributed by atoms with Crippen molar-refractivity contribution in [3.63, 3.8) is 0 Å². The predicted octanol–water partition coefficient (Wildman–Crippen LogP) is 13.0. The maximum Gasteiger partial charge on any atom is 0.159 e. The molecule has 7 aromatic carbocycles. The van der Waals surface area contributed by atoms with Crippen LogP contribution in [-0.2, 0) is 0 Å². The molecule has 0 unspecified atom stereocenters. The van der Waals surface area contributed by atoms with E-state index in [0.717, 1.165) is 72.1 Å². The van der Waals surface area contributed by atoms with Gasteiger partial charge in [0, 0.05) is 47.6 Å². The Morgan fingerprint density at radius 1 is 0.435 bits per heavy atom. The fraction of sp³-hybridized carbons (Fsp3) is 0. The summed E-state index contributed by atoms with van der Waals surface area (Å²) in [5.74, 6) is 0. The summed E-state index contributed by atoms with van der Waals surface area (Å²) < 4.78 is 15.9. The zero-order chi connectivity index (χ0) is 30.2. The number of hydrogen-bond donors (Lipinski definition) is 0. The fourth-order valence-electron chi connectivity index (χ4n) is 7.03. The summed E-state index contributed by atoms with van der Waals surface area (Å²) in [5, 5.41) is 6.86. The van der Waals surface area contributed by atoms with Crippen LogP contribution in [0.1, 0.15) is 0 Å². The van der Waals surface area contributed by atoms with Crippen LogP contribution in [0.15, 0.2) is 160 Å². The highest BCUT2D eigenvalue weighted by Gasteiger charge is 2.24. The van der Waals surface area contributed by atoms with Gasteiger partial charge < -0.3 is 13.7 Å². The van der Waals surface area contributed by atoms with Gasteiger partial charge in [-0.15, -0.1) is 11.3 Å². The van der Waals surface area contributed by atoms with Crippen molar-refractivity contribution in [2.45, 2.75) is 0 Å². The number of nitrogens with zero attached hydrogens (tertiary/aromatic N) is 1. The second-order valence-corrected chi connectivity index (χ2v) is 12.8. The lowest BCUT2D eigenvalue weighted by Gasteiger charge is -2.26. The first-order valence-electron chi connectivity index (χ1n) is 15.4. The summed E-state index contributed by atoms with van der Waals surface area (Å²) in [6.45, 7) is 0. The Hall–Kier alpha value is -5.84. The molecule has 0 aliphatic carbocycles. The summed E-state index contributed by atoms with van der Waals surface area (Å²) in [6.07, 6.45) is 0. The molecule has 0 N–H and O–H groups in total. The maximum atomic E-state index is 6.95. The summed E-state index contributed by atoms with van der Waals surface area (Å²) in [6, 6.07) is 53.5. The maximum absolute atomic E-state index is 6.95. The quantitative estimate of drug-likeness (QED) is 0.199. The number of hydrogen-bond acceptors (Lipinski definition) is 4. The number of thiophene rings is 1. The van der Waals surface area contributed by atoms with E-state index in [9.17, 15) is 0 Å². The first-order valence-corrected chi connectivity index (χ1v) is 16.2. The highest BCUT2D eigenvalue weighted by Crippen LogP contribution is 2.48. The molecule has 10 aromatic rings. The van der Waals surface area contributed by atoms with Crippen molar-refractivity contribution in [1.82, 2.24) is 0 Å². The predicted molar refractivity (Wildman–Crippen MR) is 194 cm³/mol. The molecule has 0 amide bonds. The Kier molecular flexibility index (Phi) is 5.45. The van der Waals surface area contributed by atoms with Crippen LogP contribution in [0.25, 0.3) is 75.2 Å². The van der Waals surface area contributed by atoms with E-state index >= 15 is 0 Å². The second-order valence-electron chi connectivity index (χ2n) is 11.7. The van der Waals surface area contributed by atoms with Gasteiger partial charge >= 0.3 is 0 Å². The fourth-order valence-corrected chi connectivity index (χ4v) is 8.12. The Balaban J connectivity index is 1.31. The lowest BCUT2D eigenvalue weighted by molar-refractivity contribution is 0.668. The van der Waals surface area contributed by atoms with Crippen LogP contribution in [0.4, 0.5) is 17.1 Å². The van der Waals surface area contributed by atoms with Crippen molar-refractivity contribution >= 4 is 92.4 Å². The van der Waals surface area contributed by atoms with E-state index in [2.05, 4.69) is 138 Å². The molecule has 0 saturated carbocycles. The molecule has 10 rings (SSSR count). The van der Waals surface area contributed by atoms with Crippen molar-refractivity contribution in [3.05, 3.63) is 152 Å². The third-order valence-electron chi connectivity index (χ3n) is 9.07. The average molecular weight is 608 g/mol. The Labute approximate surface area is 268 Å². The van der Waals surface area contributed by atoms with Gasteiger partial charge in [0.05, 0.1) is 16.8 Å². The average Bonchev–Trinajstić information content (AvgIpc) is 3.80. The number of furan rings is 2. The molecule has 3 nitrogen and oxygen atoms in total. The Bertz CT molecular complexity index is 2770. The van der Waals surface area contributed by atoms with Gasteiger partial charge in [-0.2, -0.15) is 0 Å². The van der Waals surface area contributed by atoms with E-state index in [1.54, 1.807) is 0 Å². The first-order chi connectivity index (χ1) is 22.8. The standard InChI is InChI=1S/C42H25NO2S/c1-2-11-26(12-3-1)28-15-8-16-30-31-17-9-19-35(42(31)45-41(28)30)43(27-23-24-39-33(25-27)29-13-5-7-22-38(29)46-39)34-18-10-21-37-40(34)32-14-4-6-20-36(32)44-37/h1-25H. The van der Waals surface area contributed by atoms with Gasteiger partial charge in [0.15, 0.2) is 5.58 Å². The normalized spacial score (nSPS) is 11.9. The molecule has 0 saturated heterocycles. The second kappa shape index (κ2) is 9.83. The number of para-hydroxylation sites is 3. The molecule has 0 spiro atoms. The van der Waals surface area contributed by atoms with E-state index in [4.69, 9.17) is 8.83 Å². The third-order valence-corrected chi connectivity index (χ3v) is 10.2. The molecule has 0 aliphatic heterocycles. The van der Waals surface area contributed by atoms with E-state index in [-0.39, 0.29) is 0 Å². The van der Waals surface area contributed by atoms with Crippen molar-refractivity contribution in [1.29, 1.82) is 0 Å². The van der Waals surface area contributed by atoms with Crippen molar-refractivity contribution in [2.24, 2.45) is 0 Å². The summed E-state index contributed by atoms with van der Waals surface area (Å²) in [7, 11) is 0. The van der Waals surface area contributed by atoms with Crippen LogP contribution >= 0.6 is 11.3 Å². The van der Waals surface area contributed by atoms with Crippen LogP contribution in [0.2, 0.25) is 0 Å². The minimum atomic E-state index is 0.848. The van der Waals surface area contributed by atoms with Gasteiger partial charge in [-0.3, -0.25) is 0 Å². The van der Waals surface area contributed by atoms with E-state index < -0.39 is 0 Å².